The van der Waals surface area contributed by atoms with E-state index >= 15 is 0 Å². The molecule has 0 aromatic heterocycles. The SMILES string of the molecule is CC(=O)Oc1ccc(COc2ccc(CO)cc2)cc1. The zero-order chi connectivity index (χ0) is 14.4. The highest BCUT2D eigenvalue weighted by Gasteiger charge is 2.00. The topological polar surface area (TPSA) is 55.8 Å². The number of aliphatic hydroxyl groups excluding tert-OH is 1. The van der Waals surface area contributed by atoms with Crippen LogP contribution in [0.15, 0.2) is 48.5 Å². The first-order chi connectivity index (χ1) is 9.67. The van der Waals surface area contributed by atoms with Gasteiger partial charge in [0.05, 0.1) is 6.61 Å². The minimum absolute atomic E-state index is 0.0257. The number of ether oxygens (including phenoxy) is 2. The molecule has 2 aromatic carbocycles. The van der Waals surface area contributed by atoms with Crippen LogP contribution in [0.1, 0.15) is 18.1 Å². The predicted octanol–water partition coefficient (Wildman–Crippen LogP) is 2.68. The average Bonchev–Trinajstić information content (AvgIpc) is 2.46. The van der Waals surface area contributed by atoms with Crippen LogP contribution in [-0.4, -0.2) is 11.1 Å². The molecule has 0 bridgehead atoms. The Bertz CT molecular complexity index is 558. The van der Waals surface area contributed by atoms with Crippen LogP contribution in [0.4, 0.5) is 0 Å². The fourth-order valence-corrected chi connectivity index (χ4v) is 1.68. The fourth-order valence-electron chi connectivity index (χ4n) is 1.68. The van der Waals surface area contributed by atoms with Crippen LogP contribution >= 0.6 is 0 Å². The maximum atomic E-state index is 10.8. The number of carbonyl (C=O) groups excluding carboxylic acids is 1. The van der Waals surface area contributed by atoms with Gasteiger partial charge in [-0.1, -0.05) is 24.3 Å². The van der Waals surface area contributed by atoms with Crippen molar-refractivity contribution in [2.24, 2.45) is 0 Å². The second-order valence-electron chi connectivity index (χ2n) is 4.33. The lowest BCUT2D eigenvalue weighted by molar-refractivity contribution is -0.131. The molecule has 0 aliphatic carbocycles. The summed E-state index contributed by atoms with van der Waals surface area (Å²) in [7, 11) is 0. The smallest absolute Gasteiger partial charge is 0.308 e. The number of benzene rings is 2. The van der Waals surface area contributed by atoms with Gasteiger partial charge in [0, 0.05) is 6.92 Å². The Kier molecular flexibility index (Phi) is 4.74. The van der Waals surface area contributed by atoms with Crippen LogP contribution < -0.4 is 9.47 Å². The minimum Gasteiger partial charge on any atom is -0.489 e. The van der Waals surface area contributed by atoms with Crippen molar-refractivity contribution in [3.05, 3.63) is 59.7 Å². The third-order valence-electron chi connectivity index (χ3n) is 2.70. The number of hydrogen-bond donors (Lipinski definition) is 1. The van der Waals surface area contributed by atoms with Gasteiger partial charge in [-0.3, -0.25) is 4.79 Å². The van der Waals surface area contributed by atoms with E-state index < -0.39 is 0 Å². The molecule has 1 N–H and O–H groups in total. The average molecular weight is 272 g/mol. The van der Waals surface area contributed by atoms with E-state index in [1.165, 1.54) is 6.92 Å². The third-order valence-corrected chi connectivity index (χ3v) is 2.70. The number of carbonyl (C=O) groups is 1. The molecule has 104 valence electrons. The van der Waals surface area contributed by atoms with E-state index in [1.54, 1.807) is 12.1 Å². The Hall–Kier alpha value is -2.33. The quantitative estimate of drug-likeness (QED) is 0.671. The van der Waals surface area contributed by atoms with Crippen LogP contribution in [0, 0.1) is 0 Å². The van der Waals surface area contributed by atoms with E-state index in [-0.39, 0.29) is 12.6 Å². The summed E-state index contributed by atoms with van der Waals surface area (Å²) in [6, 6.07) is 14.4. The largest absolute Gasteiger partial charge is 0.489 e. The van der Waals surface area contributed by atoms with Gasteiger partial charge in [0.25, 0.3) is 0 Å². The maximum Gasteiger partial charge on any atom is 0.308 e. The Morgan fingerprint density at radius 3 is 2.05 bits per heavy atom. The second-order valence-corrected chi connectivity index (χ2v) is 4.33. The number of rotatable bonds is 5. The fraction of sp³-hybridized carbons (Fsp3) is 0.188. The summed E-state index contributed by atoms with van der Waals surface area (Å²) in [5, 5.41) is 8.95. The molecule has 0 spiro atoms. The maximum absolute atomic E-state index is 10.8. The van der Waals surface area contributed by atoms with Gasteiger partial charge in [0.2, 0.25) is 0 Å². The van der Waals surface area contributed by atoms with E-state index in [2.05, 4.69) is 0 Å². The van der Waals surface area contributed by atoms with E-state index in [0.29, 0.717) is 12.4 Å². The molecule has 0 fully saturated rings. The zero-order valence-corrected chi connectivity index (χ0v) is 11.2. The summed E-state index contributed by atoms with van der Waals surface area (Å²) in [6.07, 6.45) is 0. The molecule has 0 aliphatic heterocycles. The number of hydrogen-bond acceptors (Lipinski definition) is 4. The minimum atomic E-state index is -0.335. The first-order valence-electron chi connectivity index (χ1n) is 6.27. The molecule has 0 radical (unpaired) electrons. The van der Waals surface area contributed by atoms with Crippen molar-refractivity contribution in [2.45, 2.75) is 20.1 Å². The highest BCUT2D eigenvalue weighted by atomic mass is 16.5. The van der Waals surface area contributed by atoms with Crippen molar-refractivity contribution in [1.82, 2.24) is 0 Å². The Balaban J connectivity index is 1.91. The van der Waals surface area contributed by atoms with Crippen molar-refractivity contribution in [1.29, 1.82) is 0 Å². The molecule has 0 saturated heterocycles. The van der Waals surface area contributed by atoms with Crippen LogP contribution in [0.3, 0.4) is 0 Å². The molecule has 0 aliphatic rings. The van der Waals surface area contributed by atoms with Crippen LogP contribution in [0.5, 0.6) is 11.5 Å². The Labute approximate surface area is 117 Å². The molecule has 2 aromatic rings. The zero-order valence-electron chi connectivity index (χ0n) is 11.2. The molecule has 2 rings (SSSR count). The number of esters is 1. The van der Waals surface area contributed by atoms with E-state index in [4.69, 9.17) is 14.6 Å². The molecule has 0 atom stereocenters. The van der Waals surface area contributed by atoms with Gasteiger partial charge in [-0.05, 0) is 35.4 Å². The molecule has 4 nitrogen and oxygen atoms in total. The van der Waals surface area contributed by atoms with Gasteiger partial charge in [0.1, 0.15) is 18.1 Å². The first-order valence-corrected chi connectivity index (χ1v) is 6.27. The molecule has 0 saturated carbocycles. The van der Waals surface area contributed by atoms with E-state index in [0.717, 1.165) is 16.9 Å². The molecule has 0 heterocycles. The molecule has 20 heavy (non-hydrogen) atoms. The lowest BCUT2D eigenvalue weighted by Gasteiger charge is -2.07. The molecule has 4 heteroatoms. The normalized spacial score (nSPS) is 10.1. The predicted molar refractivity (Wildman–Crippen MR) is 74.4 cm³/mol. The monoisotopic (exact) mass is 272 g/mol. The van der Waals surface area contributed by atoms with Crippen LogP contribution in [-0.2, 0) is 18.0 Å². The van der Waals surface area contributed by atoms with Gasteiger partial charge < -0.3 is 14.6 Å². The van der Waals surface area contributed by atoms with Crippen molar-refractivity contribution in [3.63, 3.8) is 0 Å². The van der Waals surface area contributed by atoms with Crippen molar-refractivity contribution in [3.8, 4) is 11.5 Å². The van der Waals surface area contributed by atoms with Gasteiger partial charge in [-0.15, -0.1) is 0 Å². The summed E-state index contributed by atoms with van der Waals surface area (Å²) in [6.45, 7) is 1.82. The summed E-state index contributed by atoms with van der Waals surface area (Å²) >= 11 is 0. The summed E-state index contributed by atoms with van der Waals surface area (Å²) in [5.74, 6) is 0.929. The van der Waals surface area contributed by atoms with Gasteiger partial charge in [0.15, 0.2) is 0 Å². The van der Waals surface area contributed by atoms with Gasteiger partial charge in [-0.25, -0.2) is 0 Å². The van der Waals surface area contributed by atoms with Crippen molar-refractivity contribution < 1.29 is 19.4 Å². The highest BCUT2D eigenvalue weighted by molar-refractivity contribution is 5.69. The molecular formula is C16H16O4. The Morgan fingerprint density at radius 1 is 0.950 bits per heavy atom. The third kappa shape index (κ3) is 4.10. The lowest BCUT2D eigenvalue weighted by Crippen LogP contribution is -2.01. The standard InChI is InChI=1S/C16H16O4/c1-12(18)20-16-8-4-14(5-9-16)11-19-15-6-2-13(10-17)3-7-15/h2-9,17H,10-11H2,1H3. The van der Waals surface area contributed by atoms with E-state index in [1.807, 2.05) is 36.4 Å². The number of aliphatic hydroxyl groups is 1. The van der Waals surface area contributed by atoms with Crippen LogP contribution in [0.25, 0.3) is 0 Å². The first kappa shape index (κ1) is 14.1. The molecular weight excluding hydrogens is 256 g/mol. The van der Waals surface area contributed by atoms with Gasteiger partial charge in [-0.2, -0.15) is 0 Å². The lowest BCUT2D eigenvalue weighted by atomic mass is 10.2. The second kappa shape index (κ2) is 6.73. The van der Waals surface area contributed by atoms with Crippen LogP contribution in [0.2, 0.25) is 0 Å². The summed E-state index contributed by atoms with van der Waals surface area (Å²) in [4.78, 5) is 10.8. The molecule has 0 unspecified atom stereocenters. The summed E-state index contributed by atoms with van der Waals surface area (Å²) in [5.41, 5.74) is 1.83. The summed E-state index contributed by atoms with van der Waals surface area (Å²) < 4.78 is 10.6. The van der Waals surface area contributed by atoms with E-state index in [9.17, 15) is 4.79 Å². The Morgan fingerprint density at radius 2 is 1.50 bits per heavy atom. The highest BCUT2D eigenvalue weighted by Crippen LogP contribution is 2.16. The molecule has 0 amide bonds. The van der Waals surface area contributed by atoms with Gasteiger partial charge >= 0.3 is 5.97 Å². The van der Waals surface area contributed by atoms with Crippen molar-refractivity contribution in [2.75, 3.05) is 0 Å². The van der Waals surface area contributed by atoms with Crippen molar-refractivity contribution >= 4 is 5.97 Å².